The lowest BCUT2D eigenvalue weighted by Gasteiger charge is -2.09. The molecule has 5 nitrogen and oxygen atoms in total. The van der Waals surface area contributed by atoms with Gasteiger partial charge in [0.15, 0.2) is 0 Å². The molecule has 2 rings (SSSR count). The van der Waals surface area contributed by atoms with E-state index in [4.69, 9.17) is 0 Å². The number of benzene rings is 2. The number of amides is 1. The molecule has 0 atom stereocenters. The van der Waals surface area contributed by atoms with Crippen LogP contribution in [0.15, 0.2) is 48.5 Å². The minimum Gasteiger partial charge on any atom is -0.322 e. The average molecular weight is 304 g/mol. The highest BCUT2D eigenvalue weighted by molar-refractivity contribution is 7.92. The highest BCUT2D eigenvalue weighted by Crippen LogP contribution is 2.17. The van der Waals surface area contributed by atoms with Crippen molar-refractivity contribution in [1.82, 2.24) is 0 Å². The lowest BCUT2D eigenvalue weighted by atomic mass is 10.1. The van der Waals surface area contributed by atoms with Crippen LogP contribution in [-0.4, -0.2) is 20.6 Å². The minimum absolute atomic E-state index is 0.290. The lowest BCUT2D eigenvalue weighted by molar-refractivity contribution is 0.102. The van der Waals surface area contributed by atoms with Gasteiger partial charge in [0.25, 0.3) is 5.91 Å². The van der Waals surface area contributed by atoms with Crippen molar-refractivity contribution in [3.8, 4) is 0 Å². The molecule has 0 aliphatic carbocycles. The zero-order chi connectivity index (χ0) is 15.5. The van der Waals surface area contributed by atoms with Crippen molar-refractivity contribution in [2.24, 2.45) is 0 Å². The molecule has 110 valence electrons. The third kappa shape index (κ3) is 4.32. The van der Waals surface area contributed by atoms with E-state index in [0.717, 1.165) is 17.5 Å². The third-order valence-corrected chi connectivity index (χ3v) is 3.43. The molecular weight excluding hydrogens is 288 g/mol. The van der Waals surface area contributed by atoms with Crippen LogP contribution in [0.2, 0.25) is 0 Å². The van der Waals surface area contributed by atoms with Gasteiger partial charge in [-0.05, 0) is 36.8 Å². The molecule has 0 heterocycles. The summed E-state index contributed by atoms with van der Waals surface area (Å²) in [6.45, 7) is 1.90. The smallest absolute Gasteiger partial charge is 0.255 e. The van der Waals surface area contributed by atoms with Gasteiger partial charge >= 0.3 is 0 Å². The topological polar surface area (TPSA) is 75.3 Å². The Bertz CT molecular complexity index is 770. The Kier molecular flexibility index (Phi) is 4.28. The third-order valence-electron chi connectivity index (χ3n) is 2.82. The standard InChI is InChI=1S/C15H16N2O3S/c1-11-6-3-4-9-14(11)16-15(18)12-7-5-8-13(10-12)17-21(2,19)20/h3-10,17H,1-2H3,(H,16,18). The number of para-hydroxylation sites is 1. The van der Waals surface area contributed by atoms with E-state index in [1.165, 1.54) is 6.07 Å². The largest absolute Gasteiger partial charge is 0.322 e. The first-order valence-corrected chi connectivity index (χ1v) is 8.19. The maximum atomic E-state index is 12.2. The second kappa shape index (κ2) is 5.97. The molecule has 0 saturated carbocycles. The number of sulfonamides is 1. The van der Waals surface area contributed by atoms with Crippen LogP contribution in [0, 0.1) is 6.92 Å². The number of nitrogens with one attached hydrogen (secondary N) is 2. The van der Waals surface area contributed by atoms with Gasteiger partial charge in [0, 0.05) is 16.9 Å². The average Bonchev–Trinajstić information content (AvgIpc) is 2.39. The van der Waals surface area contributed by atoms with E-state index in [1.54, 1.807) is 18.2 Å². The van der Waals surface area contributed by atoms with Crippen molar-refractivity contribution < 1.29 is 13.2 Å². The number of hydrogen-bond donors (Lipinski definition) is 2. The first kappa shape index (κ1) is 15.1. The van der Waals surface area contributed by atoms with Gasteiger partial charge in [0.05, 0.1) is 6.26 Å². The Balaban J connectivity index is 2.20. The maximum absolute atomic E-state index is 12.2. The van der Waals surface area contributed by atoms with Crippen LogP contribution in [0.25, 0.3) is 0 Å². The highest BCUT2D eigenvalue weighted by atomic mass is 32.2. The Morgan fingerprint density at radius 1 is 1.05 bits per heavy atom. The fourth-order valence-electron chi connectivity index (χ4n) is 1.85. The van der Waals surface area contributed by atoms with Crippen molar-refractivity contribution in [1.29, 1.82) is 0 Å². The van der Waals surface area contributed by atoms with Gasteiger partial charge in [-0.3, -0.25) is 9.52 Å². The van der Waals surface area contributed by atoms with Crippen molar-refractivity contribution in [2.75, 3.05) is 16.3 Å². The Hall–Kier alpha value is -2.34. The van der Waals surface area contributed by atoms with Gasteiger partial charge in [-0.1, -0.05) is 24.3 Å². The highest BCUT2D eigenvalue weighted by Gasteiger charge is 2.09. The summed E-state index contributed by atoms with van der Waals surface area (Å²) in [6.07, 6.45) is 1.06. The fourth-order valence-corrected chi connectivity index (χ4v) is 2.40. The van der Waals surface area contributed by atoms with Crippen LogP contribution in [0.3, 0.4) is 0 Å². The summed E-state index contributed by atoms with van der Waals surface area (Å²) >= 11 is 0. The minimum atomic E-state index is -3.37. The lowest BCUT2D eigenvalue weighted by Crippen LogP contribution is -2.14. The van der Waals surface area contributed by atoms with Crippen molar-refractivity contribution in [3.63, 3.8) is 0 Å². The summed E-state index contributed by atoms with van der Waals surface area (Å²) in [5, 5.41) is 2.80. The predicted molar refractivity (Wildman–Crippen MR) is 84.0 cm³/mol. The van der Waals surface area contributed by atoms with Crippen LogP contribution in [0.1, 0.15) is 15.9 Å². The molecule has 0 aliphatic heterocycles. The van der Waals surface area contributed by atoms with Gasteiger partial charge in [-0.25, -0.2) is 8.42 Å². The first-order valence-electron chi connectivity index (χ1n) is 6.30. The summed E-state index contributed by atoms with van der Waals surface area (Å²) in [5.41, 5.74) is 2.42. The second-order valence-corrected chi connectivity index (χ2v) is 6.47. The van der Waals surface area contributed by atoms with Crippen LogP contribution >= 0.6 is 0 Å². The van der Waals surface area contributed by atoms with Crippen molar-refractivity contribution >= 4 is 27.3 Å². The van der Waals surface area contributed by atoms with E-state index in [1.807, 2.05) is 31.2 Å². The second-order valence-electron chi connectivity index (χ2n) is 4.72. The molecule has 2 N–H and O–H groups in total. The number of aryl methyl sites for hydroxylation is 1. The predicted octanol–water partition coefficient (Wildman–Crippen LogP) is 2.62. The van der Waals surface area contributed by atoms with E-state index < -0.39 is 10.0 Å². The van der Waals surface area contributed by atoms with Gasteiger partial charge in [-0.2, -0.15) is 0 Å². The molecule has 1 amide bonds. The zero-order valence-electron chi connectivity index (χ0n) is 11.8. The van der Waals surface area contributed by atoms with E-state index in [2.05, 4.69) is 10.0 Å². The van der Waals surface area contributed by atoms with Gasteiger partial charge in [0.1, 0.15) is 0 Å². The molecule has 0 aliphatic rings. The number of rotatable bonds is 4. The van der Waals surface area contributed by atoms with Crippen LogP contribution in [0.5, 0.6) is 0 Å². The maximum Gasteiger partial charge on any atom is 0.255 e. The number of anilines is 2. The summed E-state index contributed by atoms with van der Waals surface area (Å²) in [6, 6.07) is 13.8. The van der Waals surface area contributed by atoms with Gasteiger partial charge < -0.3 is 5.32 Å². The van der Waals surface area contributed by atoms with Crippen LogP contribution < -0.4 is 10.0 Å². The zero-order valence-corrected chi connectivity index (χ0v) is 12.6. The number of carbonyl (C=O) groups excluding carboxylic acids is 1. The molecule has 0 bridgehead atoms. The molecule has 0 saturated heterocycles. The first-order chi connectivity index (χ1) is 9.85. The van der Waals surface area contributed by atoms with E-state index in [-0.39, 0.29) is 5.91 Å². The van der Waals surface area contributed by atoms with Crippen molar-refractivity contribution in [2.45, 2.75) is 6.92 Å². The summed E-state index contributed by atoms with van der Waals surface area (Å²) in [7, 11) is -3.37. The molecule has 0 unspecified atom stereocenters. The van der Waals surface area contributed by atoms with Crippen molar-refractivity contribution in [3.05, 3.63) is 59.7 Å². The Morgan fingerprint density at radius 3 is 2.43 bits per heavy atom. The van der Waals surface area contributed by atoms with Gasteiger partial charge in [0.2, 0.25) is 10.0 Å². The monoisotopic (exact) mass is 304 g/mol. The molecule has 6 heteroatoms. The summed E-state index contributed by atoms with van der Waals surface area (Å²) in [5.74, 6) is -0.290. The number of carbonyl (C=O) groups is 1. The molecule has 0 fully saturated rings. The SMILES string of the molecule is Cc1ccccc1NC(=O)c1cccc(NS(C)(=O)=O)c1. The van der Waals surface area contributed by atoms with Crippen LogP contribution in [-0.2, 0) is 10.0 Å². The van der Waals surface area contributed by atoms with E-state index >= 15 is 0 Å². The number of hydrogen-bond acceptors (Lipinski definition) is 3. The Morgan fingerprint density at radius 2 is 1.76 bits per heavy atom. The van der Waals surface area contributed by atoms with Gasteiger partial charge in [-0.15, -0.1) is 0 Å². The Labute approximate surface area is 124 Å². The molecule has 0 spiro atoms. The summed E-state index contributed by atoms with van der Waals surface area (Å²) < 4.78 is 24.8. The molecule has 0 radical (unpaired) electrons. The molecule has 21 heavy (non-hydrogen) atoms. The van der Waals surface area contributed by atoms with Crippen LogP contribution in [0.4, 0.5) is 11.4 Å². The fraction of sp³-hybridized carbons (Fsp3) is 0.133. The summed E-state index contributed by atoms with van der Waals surface area (Å²) in [4.78, 5) is 12.2. The molecule has 2 aromatic carbocycles. The van der Waals surface area contributed by atoms with E-state index in [0.29, 0.717) is 11.3 Å². The van der Waals surface area contributed by atoms with E-state index in [9.17, 15) is 13.2 Å². The quantitative estimate of drug-likeness (QED) is 0.911. The molecule has 0 aromatic heterocycles. The molecular formula is C15H16N2O3S. The molecule has 2 aromatic rings. The normalized spacial score (nSPS) is 11.0.